The number of carboxylic acid groups (broad SMARTS) is 1. The van der Waals surface area contributed by atoms with E-state index in [-0.39, 0.29) is 11.8 Å². The first-order valence-corrected chi connectivity index (χ1v) is 7.73. The SMILES string of the molecule is COc1ccc(-n2ccc(=O)c(Cc3cccc(NC(=O)O)c3)n2)cn1. The fourth-order valence-corrected chi connectivity index (χ4v) is 2.42. The number of hydrogen-bond donors (Lipinski definition) is 2. The molecule has 0 saturated heterocycles. The summed E-state index contributed by atoms with van der Waals surface area (Å²) in [6.07, 6.45) is 2.29. The molecule has 132 valence electrons. The number of nitrogens with one attached hydrogen (secondary N) is 1. The predicted molar refractivity (Wildman–Crippen MR) is 95.1 cm³/mol. The van der Waals surface area contributed by atoms with Gasteiger partial charge in [-0.2, -0.15) is 5.10 Å². The van der Waals surface area contributed by atoms with Crippen LogP contribution in [0, 0.1) is 0 Å². The zero-order chi connectivity index (χ0) is 18.5. The standard InChI is InChI=1S/C18H16N4O4/c1-26-17-6-5-14(11-19-17)22-8-7-16(23)15(21-22)10-12-3-2-4-13(9-12)20-18(24)25/h2-9,11,20H,10H2,1H3,(H,24,25). The van der Waals surface area contributed by atoms with E-state index >= 15 is 0 Å². The van der Waals surface area contributed by atoms with E-state index < -0.39 is 6.09 Å². The van der Waals surface area contributed by atoms with Crippen molar-refractivity contribution < 1.29 is 14.6 Å². The zero-order valence-electron chi connectivity index (χ0n) is 13.9. The topological polar surface area (TPSA) is 106 Å². The van der Waals surface area contributed by atoms with Crippen molar-refractivity contribution >= 4 is 11.8 Å². The molecule has 2 aromatic heterocycles. The maximum atomic E-state index is 12.1. The van der Waals surface area contributed by atoms with Gasteiger partial charge in [-0.3, -0.25) is 10.1 Å². The number of rotatable bonds is 5. The molecule has 8 heteroatoms. The number of amides is 1. The Morgan fingerprint density at radius 2 is 2.12 bits per heavy atom. The first-order chi connectivity index (χ1) is 12.5. The first-order valence-electron chi connectivity index (χ1n) is 7.73. The molecule has 0 bridgehead atoms. The van der Waals surface area contributed by atoms with Gasteiger partial charge in [0.05, 0.1) is 19.0 Å². The number of hydrogen-bond acceptors (Lipinski definition) is 5. The van der Waals surface area contributed by atoms with Crippen LogP contribution in [-0.2, 0) is 6.42 Å². The Bertz CT molecular complexity index is 983. The van der Waals surface area contributed by atoms with E-state index in [9.17, 15) is 9.59 Å². The quantitative estimate of drug-likeness (QED) is 0.730. The molecule has 0 fully saturated rings. The number of methoxy groups -OCH3 is 1. The van der Waals surface area contributed by atoms with Crippen molar-refractivity contribution in [2.24, 2.45) is 0 Å². The maximum absolute atomic E-state index is 12.1. The summed E-state index contributed by atoms with van der Waals surface area (Å²) < 4.78 is 6.59. The van der Waals surface area contributed by atoms with E-state index in [0.717, 1.165) is 5.56 Å². The van der Waals surface area contributed by atoms with Gasteiger partial charge in [0.1, 0.15) is 5.69 Å². The van der Waals surface area contributed by atoms with Gasteiger partial charge in [0.2, 0.25) is 11.3 Å². The number of nitrogens with zero attached hydrogens (tertiary/aromatic N) is 3. The number of benzene rings is 1. The second-order valence-electron chi connectivity index (χ2n) is 5.44. The van der Waals surface area contributed by atoms with Gasteiger partial charge >= 0.3 is 6.09 Å². The van der Waals surface area contributed by atoms with Crippen LogP contribution < -0.4 is 15.5 Å². The lowest BCUT2D eigenvalue weighted by molar-refractivity contribution is 0.210. The molecule has 0 unspecified atom stereocenters. The Balaban J connectivity index is 1.88. The third kappa shape index (κ3) is 4.04. The smallest absolute Gasteiger partial charge is 0.409 e. The van der Waals surface area contributed by atoms with Gasteiger partial charge in [-0.15, -0.1) is 0 Å². The summed E-state index contributed by atoms with van der Waals surface area (Å²) in [7, 11) is 1.53. The number of pyridine rings is 1. The lowest BCUT2D eigenvalue weighted by Gasteiger charge is -2.08. The molecule has 0 radical (unpaired) electrons. The zero-order valence-corrected chi connectivity index (χ0v) is 13.9. The maximum Gasteiger partial charge on any atom is 0.409 e. The summed E-state index contributed by atoms with van der Waals surface area (Å²) in [6, 6.07) is 11.8. The van der Waals surface area contributed by atoms with Crippen LogP contribution in [-0.4, -0.2) is 33.1 Å². The van der Waals surface area contributed by atoms with Crippen LogP contribution in [0.5, 0.6) is 5.88 Å². The normalized spacial score (nSPS) is 10.3. The minimum atomic E-state index is -1.14. The Morgan fingerprint density at radius 1 is 1.27 bits per heavy atom. The number of aromatic nitrogens is 3. The van der Waals surface area contributed by atoms with Crippen LogP contribution >= 0.6 is 0 Å². The predicted octanol–water partition coefficient (Wildman–Crippen LogP) is 2.32. The van der Waals surface area contributed by atoms with E-state index in [1.807, 2.05) is 0 Å². The molecule has 8 nitrogen and oxygen atoms in total. The highest BCUT2D eigenvalue weighted by Gasteiger charge is 2.07. The molecule has 3 rings (SSSR count). The highest BCUT2D eigenvalue weighted by atomic mass is 16.5. The van der Waals surface area contributed by atoms with Crippen molar-refractivity contribution in [3.8, 4) is 11.6 Å². The number of anilines is 1. The third-order valence-electron chi connectivity index (χ3n) is 3.62. The molecular formula is C18H16N4O4. The molecular weight excluding hydrogens is 336 g/mol. The van der Waals surface area contributed by atoms with Crippen molar-refractivity contribution in [2.45, 2.75) is 6.42 Å². The van der Waals surface area contributed by atoms with E-state index in [2.05, 4.69) is 15.4 Å². The molecule has 3 aromatic rings. The van der Waals surface area contributed by atoms with Gasteiger partial charge in [0.15, 0.2) is 0 Å². The van der Waals surface area contributed by atoms with Crippen molar-refractivity contribution in [1.29, 1.82) is 0 Å². The molecule has 2 N–H and O–H groups in total. The van der Waals surface area contributed by atoms with Crippen LogP contribution in [0.25, 0.3) is 5.69 Å². The van der Waals surface area contributed by atoms with Gasteiger partial charge in [-0.25, -0.2) is 14.5 Å². The second-order valence-corrected chi connectivity index (χ2v) is 5.44. The second kappa shape index (κ2) is 7.47. The average molecular weight is 352 g/mol. The lowest BCUT2D eigenvalue weighted by Crippen LogP contribution is -2.16. The number of carbonyl (C=O) groups is 1. The summed E-state index contributed by atoms with van der Waals surface area (Å²) >= 11 is 0. The number of ether oxygens (including phenoxy) is 1. The van der Waals surface area contributed by atoms with Gasteiger partial charge in [-0.1, -0.05) is 12.1 Å². The molecule has 0 spiro atoms. The molecule has 0 aliphatic heterocycles. The Hall–Kier alpha value is -3.68. The van der Waals surface area contributed by atoms with Crippen LogP contribution in [0.2, 0.25) is 0 Å². The molecule has 0 aliphatic rings. The summed E-state index contributed by atoms with van der Waals surface area (Å²) in [5.41, 5.74) is 2.04. The Labute approximate surface area is 148 Å². The van der Waals surface area contributed by atoms with E-state index in [1.54, 1.807) is 53.5 Å². The minimum absolute atomic E-state index is 0.195. The Morgan fingerprint density at radius 3 is 2.81 bits per heavy atom. The monoisotopic (exact) mass is 352 g/mol. The van der Waals surface area contributed by atoms with Crippen LogP contribution in [0.3, 0.4) is 0 Å². The highest BCUT2D eigenvalue weighted by Crippen LogP contribution is 2.14. The van der Waals surface area contributed by atoms with Gasteiger partial charge < -0.3 is 9.84 Å². The molecule has 26 heavy (non-hydrogen) atoms. The fraction of sp³-hybridized carbons (Fsp3) is 0.111. The largest absolute Gasteiger partial charge is 0.481 e. The third-order valence-corrected chi connectivity index (χ3v) is 3.62. The van der Waals surface area contributed by atoms with Gasteiger partial charge in [-0.05, 0) is 23.8 Å². The van der Waals surface area contributed by atoms with Crippen molar-refractivity contribution in [2.75, 3.05) is 12.4 Å². The molecule has 2 heterocycles. The van der Waals surface area contributed by atoms with Crippen LogP contribution in [0.1, 0.15) is 11.3 Å². The molecule has 1 amide bonds. The summed E-state index contributed by atoms with van der Waals surface area (Å²) in [6.45, 7) is 0. The molecule has 0 aliphatic carbocycles. The first kappa shape index (κ1) is 17.2. The van der Waals surface area contributed by atoms with E-state index in [1.165, 1.54) is 13.2 Å². The molecule has 0 atom stereocenters. The summed E-state index contributed by atoms with van der Waals surface area (Å²) in [5.74, 6) is 0.484. The lowest BCUT2D eigenvalue weighted by atomic mass is 10.1. The summed E-state index contributed by atoms with van der Waals surface area (Å²) in [5, 5.41) is 15.5. The van der Waals surface area contributed by atoms with Crippen LogP contribution in [0.15, 0.2) is 59.7 Å². The minimum Gasteiger partial charge on any atom is -0.481 e. The van der Waals surface area contributed by atoms with E-state index in [0.29, 0.717) is 22.9 Å². The Kier molecular flexibility index (Phi) is 4.93. The fourth-order valence-electron chi connectivity index (χ4n) is 2.42. The summed E-state index contributed by atoms with van der Waals surface area (Å²) in [4.78, 5) is 27.0. The van der Waals surface area contributed by atoms with Crippen LogP contribution in [0.4, 0.5) is 10.5 Å². The van der Waals surface area contributed by atoms with Crippen molar-refractivity contribution in [3.05, 3.63) is 76.3 Å². The average Bonchev–Trinajstić information content (AvgIpc) is 2.63. The van der Waals surface area contributed by atoms with Gasteiger partial charge in [0, 0.05) is 30.4 Å². The highest BCUT2D eigenvalue weighted by molar-refractivity contribution is 5.82. The van der Waals surface area contributed by atoms with Crippen molar-refractivity contribution in [1.82, 2.24) is 14.8 Å². The van der Waals surface area contributed by atoms with Crippen molar-refractivity contribution in [3.63, 3.8) is 0 Å². The molecule has 1 aromatic carbocycles. The molecule has 0 saturated carbocycles. The van der Waals surface area contributed by atoms with E-state index in [4.69, 9.17) is 9.84 Å². The van der Waals surface area contributed by atoms with Gasteiger partial charge in [0.25, 0.3) is 0 Å².